The van der Waals surface area contributed by atoms with E-state index in [9.17, 15) is 4.79 Å². The van der Waals surface area contributed by atoms with E-state index >= 15 is 0 Å². The van der Waals surface area contributed by atoms with Gasteiger partial charge in [0.25, 0.3) is 0 Å². The van der Waals surface area contributed by atoms with Crippen molar-refractivity contribution in [1.29, 1.82) is 0 Å². The van der Waals surface area contributed by atoms with E-state index in [1.807, 2.05) is 10.9 Å². The van der Waals surface area contributed by atoms with E-state index in [1.54, 1.807) is 0 Å². The van der Waals surface area contributed by atoms with Crippen molar-refractivity contribution in [3.63, 3.8) is 0 Å². The number of aryl methyl sites for hydroxylation is 2. The molecule has 2 aliphatic rings. The molecule has 4 rings (SSSR count). The summed E-state index contributed by atoms with van der Waals surface area (Å²) in [6.07, 6.45) is 8.78. The molecular weight excluding hydrogens is 390 g/mol. The number of nitrogens with zero attached hydrogens (tertiary/aromatic N) is 4. The zero-order valence-electron chi connectivity index (χ0n) is 18.5. The maximum absolute atomic E-state index is 13.2. The summed E-state index contributed by atoms with van der Waals surface area (Å²) in [7, 11) is 0. The summed E-state index contributed by atoms with van der Waals surface area (Å²) in [6.45, 7) is 5.67. The van der Waals surface area contributed by atoms with Gasteiger partial charge in [-0.3, -0.25) is 9.48 Å². The minimum Gasteiger partial charge on any atom is -0.375 e. The van der Waals surface area contributed by atoms with Gasteiger partial charge >= 0.3 is 0 Å². The molecule has 7 heteroatoms. The van der Waals surface area contributed by atoms with Crippen molar-refractivity contribution in [2.45, 2.75) is 58.1 Å². The van der Waals surface area contributed by atoms with Crippen molar-refractivity contribution in [3.8, 4) is 0 Å². The van der Waals surface area contributed by atoms with Gasteiger partial charge in [-0.05, 0) is 70.1 Å². The predicted molar refractivity (Wildman–Crippen MR) is 119 cm³/mol. The summed E-state index contributed by atoms with van der Waals surface area (Å²) in [5.41, 5.74) is 2.02. The van der Waals surface area contributed by atoms with Crippen molar-refractivity contribution < 1.29 is 9.53 Å². The summed E-state index contributed by atoms with van der Waals surface area (Å²) < 4.78 is 7.54. The van der Waals surface area contributed by atoms with Gasteiger partial charge in [-0.15, -0.1) is 5.10 Å². The zero-order valence-corrected chi connectivity index (χ0v) is 18.5. The number of carbonyl (C=O) groups is 1. The molecule has 2 aliphatic heterocycles. The Kier molecular flexibility index (Phi) is 7.70. The Morgan fingerprint density at radius 2 is 1.90 bits per heavy atom. The van der Waals surface area contributed by atoms with Crippen molar-refractivity contribution in [1.82, 2.24) is 25.2 Å². The number of carbonyl (C=O) groups excluding carboxylic acids is 1. The molecule has 31 heavy (non-hydrogen) atoms. The number of amides is 1. The minimum atomic E-state index is -0.260. The Hall–Kier alpha value is -2.25. The molecule has 0 unspecified atom stereocenters. The van der Waals surface area contributed by atoms with E-state index in [4.69, 9.17) is 4.74 Å². The van der Waals surface area contributed by atoms with Gasteiger partial charge in [0.1, 0.15) is 5.69 Å². The first-order valence-corrected chi connectivity index (χ1v) is 11.7. The van der Waals surface area contributed by atoms with E-state index in [1.165, 1.54) is 5.56 Å². The maximum Gasteiger partial charge on any atom is 0.226 e. The van der Waals surface area contributed by atoms with E-state index in [2.05, 4.69) is 50.9 Å². The van der Waals surface area contributed by atoms with Gasteiger partial charge in [0.2, 0.25) is 5.91 Å². The van der Waals surface area contributed by atoms with Gasteiger partial charge < -0.3 is 15.0 Å². The molecule has 0 atom stereocenters. The Bertz CT molecular complexity index is 814. The normalized spacial score (nSPS) is 20.8. The summed E-state index contributed by atoms with van der Waals surface area (Å²) >= 11 is 0. The molecule has 168 valence electrons. The second-order valence-electron chi connectivity index (χ2n) is 8.95. The third kappa shape index (κ3) is 6.14. The van der Waals surface area contributed by atoms with E-state index in [0.29, 0.717) is 19.8 Å². The molecule has 1 fully saturated rings. The van der Waals surface area contributed by atoms with Crippen LogP contribution in [0.1, 0.15) is 49.8 Å². The van der Waals surface area contributed by atoms with Crippen LogP contribution in [0, 0.1) is 5.41 Å². The van der Waals surface area contributed by atoms with Crippen LogP contribution in [0.2, 0.25) is 0 Å². The first kappa shape index (κ1) is 22.0. The molecule has 0 aliphatic carbocycles. The van der Waals surface area contributed by atoms with Crippen LogP contribution in [0.25, 0.3) is 0 Å². The largest absolute Gasteiger partial charge is 0.375 e. The number of fused-ring (bicyclic) bond motifs is 2. The average molecular weight is 426 g/mol. The lowest BCUT2D eigenvalue weighted by Crippen LogP contribution is -2.49. The third-order valence-corrected chi connectivity index (χ3v) is 6.71. The van der Waals surface area contributed by atoms with Crippen LogP contribution < -0.4 is 5.32 Å². The number of hydrogen-bond acceptors (Lipinski definition) is 5. The third-order valence-electron chi connectivity index (χ3n) is 6.71. The number of benzene rings is 1. The van der Waals surface area contributed by atoms with Gasteiger partial charge in [0, 0.05) is 19.7 Å². The van der Waals surface area contributed by atoms with E-state index in [-0.39, 0.29) is 11.3 Å². The van der Waals surface area contributed by atoms with Crippen molar-refractivity contribution in [3.05, 3.63) is 47.8 Å². The summed E-state index contributed by atoms with van der Waals surface area (Å²) in [5.74, 6) is 0.229. The van der Waals surface area contributed by atoms with Crippen LogP contribution in [-0.2, 0) is 29.1 Å². The van der Waals surface area contributed by atoms with Crippen LogP contribution in [0.4, 0.5) is 0 Å². The second kappa shape index (κ2) is 10.9. The molecule has 1 saturated heterocycles. The molecule has 0 radical (unpaired) electrons. The highest BCUT2D eigenvalue weighted by Crippen LogP contribution is 2.37. The highest BCUT2D eigenvalue weighted by Gasteiger charge is 2.40. The van der Waals surface area contributed by atoms with E-state index < -0.39 is 0 Å². The average Bonchev–Trinajstić information content (AvgIpc) is 3.25. The number of aromatic nitrogens is 3. The van der Waals surface area contributed by atoms with Gasteiger partial charge in [0.05, 0.1) is 18.2 Å². The highest BCUT2D eigenvalue weighted by atomic mass is 16.5. The summed E-state index contributed by atoms with van der Waals surface area (Å²) in [6, 6.07) is 10.7. The Balaban J connectivity index is 1.31. The SMILES string of the molecule is O=C1NCCCOCc2cn(nn2)CCCC12CCN(CCCc1ccccc1)CC2. The Labute approximate surface area is 185 Å². The first-order chi connectivity index (χ1) is 15.2. The topological polar surface area (TPSA) is 72.3 Å². The maximum atomic E-state index is 13.2. The number of nitrogens with one attached hydrogen (secondary N) is 1. The smallest absolute Gasteiger partial charge is 0.226 e. The number of ether oxygens (including phenoxy) is 1. The molecule has 3 heterocycles. The lowest BCUT2D eigenvalue weighted by atomic mass is 9.73. The molecule has 1 aromatic carbocycles. The lowest BCUT2D eigenvalue weighted by molar-refractivity contribution is -0.134. The van der Waals surface area contributed by atoms with Crippen molar-refractivity contribution >= 4 is 5.91 Å². The molecule has 7 nitrogen and oxygen atoms in total. The van der Waals surface area contributed by atoms with Crippen molar-refractivity contribution in [2.75, 3.05) is 32.8 Å². The quantitative estimate of drug-likeness (QED) is 0.816. The highest BCUT2D eigenvalue weighted by molar-refractivity contribution is 5.82. The molecule has 0 saturated carbocycles. The monoisotopic (exact) mass is 425 g/mol. The van der Waals surface area contributed by atoms with Gasteiger partial charge in [0.15, 0.2) is 0 Å². The number of rotatable bonds is 4. The van der Waals surface area contributed by atoms with Crippen LogP contribution in [0.3, 0.4) is 0 Å². The molecule has 1 amide bonds. The fraction of sp³-hybridized carbons (Fsp3) is 0.625. The Morgan fingerprint density at radius 3 is 2.74 bits per heavy atom. The van der Waals surface area contributed by atoms with Gasteiger partial charge in [-0.25, -0.2) is 0 Å². The van der Waals surface area contributed by atoms with Crippen LogP contribution in [0.15, 0.2) is 36.5 Å². The number of piperidine rings is 1. The molecule has 1 aromatic heterocycles. The summed E-state index contributed by atoms with van der Waals surface area (Å²) in [5, 5.41) is 11.6. The predicted octanol–water partition coefficient (Wildman–Crippen LogP) is 2.81. The molecular formula is C24H35N5O2. The number of likely N-dealkylation sites (tertiary alicyclic amines) is 1. The lowest BCUT2D eigenvalue weighted by Gasteiger charge is -2.41. The fourth-order valence-electron chi connectivity index (χ4n) is 4.78. The molecule has 2 aromatic rings. The molecule has 1 N–H and O–H groups in total. The van der Waals surface area contributed by atoms with Crippen LogP contribution in [-0.4, -0.2) is 58.6 Å². The standard InChI is InChI=1S/C24H35N5O2/c30-23-24(10-5-15-29-19-22(26-27-29)20-31-18-6-13-25-23)11-16-28(17-12-24)14-4-9-21-7-2-1-3-8-21/h1-3,7-8,19H,4-6,9-18,20H2,(H,25,30). The van der Waals surface area contributed by atoms with Crippen LogP contribution in [0.5, 0.6) is 0 Å². The van der Waals surface area contributed by atoms with Crippen molar-refractivity contribution in [2.24, 2.45) is 5.41 Å². The number of hydrogen-bond donors (Lipinski definition) is 1. The van der Waals surface area contributed by atoms with Gasteiger partial charge in [-0.1, -0.05) is 35.5 Å². The molecule has 1 spiro atoms. The molecule has 2 bridgehead atoms. The van der Waals surface area contributed by atoms with Gasteiger partial charge in [-0.2, -0.15) is 0 Å². The summed E-state index contributed by atoms with van der Waals surface area (Å²) in [4.78, 5) is 15.7. The van der Waals surface area contributed by atoms with E-state index in [0.717, 1.165) is 76.8 Å². The Morgan fingerprint density at radius 1 is 1.06 bits per heavy atom. The minimum absolute atomic E-state index is 0.229. The first-order valence-electron chi connectivity index (χ1n) is 11.7. The van der Waals surface area contributed by atoms with Crippen LogP contribution >= 0.6 is 0 Å². The fourth-order valence-corrected chi connectivity index (χ4v) is 4.78. The second-order valence-corrected chi connectivity index (χ2v) is 8.95. The zero-order chi connectivity index (χ0) is 21.4.